The van der Waals surface area contributed by atoms with E-state index in [0.29, 0.717) is 18.6 Å². The van der Waals surface area contributed by atoms with Gasteiger partial charge in [-0.05, 0) is 40.3 Å². The Hall–Kier alpha value is -0.610. The monoisotopic (exact) mass is 228 g/mol. The fourth-order valence-corrected chi connectivity index (χ4v) is 2.47. The maximum atomic E-state index is 10.5. The van der Waals surface area contributed by atoms with Gasteiger partial charge in [-0.15, -0.1) is 0 Å². The van der Waals surface area contributed by atoms with E-state index < -0.39 is 5.97 Å². The van der Waals surface area contributed by atoms with Crippen molar-refractivity contribution in [2.24, 2.45) is 0 Å². The fourth-order valence-electron chi connectivity index (χ4n) is 2.47. The summed E-state index contributed by atoms with van der Waals surface area (Å²) < 4.78 is 0. The third-order valence-electron chi connectivity index (χ3n) is 3.32. The average molecular weight is 228 g/mol. The number of likely N-dealkylation sites (N-methyl/N-ethyl adjacent to an activating group) is 1. The summed E-state index contributed by atoms with van der Waals surface area (Å²) >= 11 is 0. The van der Waals surface area contributed by atoms with Gasteiger partial charge in [-0.1, -0.05) is 0 Å². The van der Waals surface area contributed by atoms with Gasteiger partial charge in [0.1, 0.15) is 0 Å². The molecule has 1 aliphatic heterocycles. The number of rotatable bonds is 6. The molecule has 94 valence electrons. The Morgan fingerprint density at radius 2 is 2.25 bits per heavy atom. The molecule has 0 spiro atoms. The number of likely N-dealkylation sites (tertiary alicyclic amines) is 1. The van der Waals surface area contributed by atoms with Crippen LogP contribution in [0.5, 0.6) is 0 Å². The summed E-state index contributed by atoms with van der Waals surface area (Å²) in [6, 6.07) is 1.21. The predicted molar refractivity (Wildman–Crippen MR) is 64.6 cm³/mol. The first-order valence-corrected chi connectivity index (χ1v) is 6.16. The number of carboxylic acids is 1. The molecule has 0 saturated carbocycles. The van der Waals surface area contributed by atoms with Crippen LogP contribution in [-0.2, 0) is 4.79 Å². The molecule has 0 bridgehead atoms. The van der Waals surface area contributed by atoms with Crippen LogP contribution in [0, 0.1) is 0 Å². The molecule has 1 saturated heterocycles. The van der Waals surface area contributed by atoms with Crippen molar-refractivity contribution in [1.29, 1.82) is 0 Å². The van der Waals surface area contributed by atoms with Gasteiger partial charge < -0.3 is 10.0 Å². The van der Waals surface area contributed by atoms with Crippen molar-refractivity contribution in [3.8, 4) is 0 Å². The van der Waals surface area contributed by atoms with Crippen molar-refractivity contribution in [1.82, 2.24) is 9.80 Å². The molecule has 4 nitrogen and oxygen atoms in total. The van der Waals surface area contributed by atoms with Gasteiger partial charge in [0.15, 0.2) is 0 Å². The van der Waals surface area contributed by atoms with Gasteiger partial charge in [-0.3, -0.25) is 9.69 Å². The Morgan fingerprint density at radius 3 is 2.81 bits per heavy atom. The summed E-state index contributed by atoms with van der Waals surface area (Å²) in [6.07, 6.45) is 2.76. The summed E-state index contributed by atoms with van der Waals surface area (Å²) in [5.41, 5.74) is 0. The number of aliphatic carboxylic acids is 1. The third kappa shape index (κ3) is 4.10. The molecular weight excluding hydrogens is 204 g/mol. The zero-order chi connectivity index (χ0) is 12.1. The van der Waals surface area contributed by atoms with E-state index in [1.54, 1.807) is 0 Å². The minimum atomic E-state index is -0.709. The van der Waals surface area contributed by atoms with Crippen molar-refractivity contribution in [2.45, 2.75) is 45.2 Å². The minimum absolute atomic E-state index is 0.241. The Morgan fingerprint density at radius 1 is 1.56 bits per heavy atom. The molecule has 0 unspecified atom stereocenters. The Bertz CT molecular complexity index is 231. The molecule has 4 heteroatoms. The molecule has 0 aliphatic carbocycles. The van der Waals surface area contributed by atoms with Crippen molar-refractivity contribution < 1.29 is 9.90 Å². The molecular formula is C12H24N2O2. The third-order valence-corrected chi connectivity index (χ3v) is 3.32. The molecule has 0 aromatic heterocycles. The van der Waals surface area contributed by atoms with Gasteiger partial charge in [-0.2, -0.15) is 0 Å². The topological polar surface area (TPSA) is 43.8 Å². The van der Waals surface area contributed by atoms with Crippen molar-refractivity contribution >= 4 is 5.97 Å². The normalized spacial score (nSPS) is 22.2. The van der Waals surface area contributed by atoms with E-state index in [2.05, 4.69) is 23.6 Å². The van der Waals surface area contributed by atoms with Gasteiger partial charge in [0.25, 0.3) is 0 Å². The summed E-state index contributed by atoms with van der Waals surface area (Å²) in [4.78, 5) is 15.1. The number of hydrogen-bond donors (Lipinski definition) is 1. The van der Waals surface area contributed by atoms with E-state index >= 15 is 0 Å². The summed E-state index contributed by atoms with van der Waals surface area (Å²) in [5, 5.41) is 8.63. The zero-order valence-electron chi connectivity index (χ0n) is 10.6. The van der Waals surface area contributed by atoms with Crippen molar-refractivity contribution in [2.75, 3.05) is 26.7 Å². The second-order valence-corrected chi connectivity index (χ2v) is 5.03. The first kappa shape index (κ1) is 13.5. The van der Waals surface area contributed by atoms with Crippen LogP contribution >= 0.6 is 0 Å². The van der Waals surface area contributed by atoms with Crippen LogP contribution < -0.4 is 0 Å². The Balaban J connectivity index is 2.32. The Labute approximate surface area is 98.2 Å². The summed E-state index contributed by atoms with van der Waals surface area (Å²) in [5.74, 6) is -0.709. The van der Waals surface area contributed by atoms with Crippen LogP contribution in [0.25, 0.3) is 0 Å². The first-order valence-electron chi connectivity index (χ1n) is 6.16. The molecule has 1 N–H and O–H groups in total. The van der Waals surface area contributed by atoms with Gasteiger partial charge in [0, 0.05) is 25.2 Å². The van der Waals surface area contributed by atoms with Gasteiger partial charge in [0.05, 0.1) is 6.42 Å². The highest BCUT2D eigenvalue weighted by Crippen LogP contribution is 2.20. The largest absolute Gasteiger partial charge is 0.481 e. The van der Waals surface area contributed by atoms with Crippen molar-refractivity contribution in [3.63, 3.8) is 0 Å². The maximum absolute atomic E-state index is 10.5. The molecule has 1 heterocycles. The lowest BCUT2D eigenvalue weighted by Crippen LogP contribution is -2.42. The number of carbonyl (C=O) groups is 1. The van der Waals surface area contributed by atoms with E-state index in [-0.39, 0.29) is 6.42 Å². The molecule has 1 fully saturated rings. The minimum Gasteiger partial charge on any atom is -0.481 e. The van der Waals surface area contributed by atoms with Crippen LogP contribution in [0.4, 0.5) is 0 Å². The van der Waals surface area contributed by atoms with E-state index in [9.17, 15) is 4.79 Å². The fraction of sp³-hybridized carbons (Fsp3) is 0.917. The zero-order valence-corrected chi connectivity index (χ0v) is 10.6. The molecule has 16 heavy (non-hydrogen) atoms. The second kappa shape index (κ2) is 6.21. The highest BCUT2D eigenvalue weighted by Gasteiger charge is 2.27. The van der Waals surface area contributed by atoms with E-state index in [4.69, 9.17) is 5.11 Å². The number of nitrogens with zero attached hydrogens (tertiary/aromatic N) is 2. The highest BCUT2D eigenvalue weighted by atomic mass is 16.4. The lowest BCUT2D eigenvalue weighted by atomic mass is 10.2. The standard InChI is InChI=1S/C12H24N2O2/c1-10(2)14-7-4-5-11(14)9-13(3)8-6-12(15)16/h10-11H,4-9H2,1-3H3,(H,15,16)/t11-/m0/s1. The van der Waals surface area contributed by atoms with Crippen LogP contribution in [0.3, 0.4) is 0 Å². The molecule has 0 aromatic rings. The second-order valence-electron chi connectivity index (χ2n) is 5.03. The lowest BCUT2D eigenvalue weighted by Gasteiger charge is -2.31. The van der Waals surface area contributed by atoms with E-state index in [1.165, 1.54) is 19.4 Å². The van der Waals surface area contributed by atoms with Gasteiger partial charge >= 0.3 is 5.97 Å². The van der Waals surface area contributed by atoms with Crippen LogP contribution in [0.1, 0.15) is 33.1 Å². The molecule has 1 aliphatic rings. The van der Waals surface area contributed by atoms with E-state index in [1.807, 2.05) is 7.05 Å². The molecule has 0 amide bonds. The summed E-state index contributed by atoms with van der Waals surface area (Å²) in [6.45, 7) is 7.30. The average Bonchev–Trinajstić information content (AvgIpc) is 2.62. The summed E-state index contributed by atoms with van der Waals surface area (Å²) in [7, 11) is 2.01. The quantitative estimate of drug-likeness (QED) is 0.743. The van der Waals surface area contributed by atoms with Crippen LogP contribution in [0.15, 0.2) is 0 Å². The lowest BCUT2D eigenvalue weighted by molar-refractivity contribution is -0.137. The predicted octanol–water partition coefficient (Wildman–Crippen LogP) is 1.27. The van der Waals surface area contributed by atoms with Crippen LogP contribution in [-0.4, -0.2) is 59.6 Å². The van der Waals surface area contributed by atoms with Crippen LogP contribution in [0.2, 0.25) is 0 Å². The highest BCUT2D eigenvalue weighted by molar-refractivity contribution is 5.66. The molecule has 1 atom stereocenters. The first-order chi connectivity index (χ1) is 7.50. The SMILES string of the molecule is CC(C)N1CCC[C@H]1CN(C)CCC(=O)O. The molecule has 1 rings (SSSR count). The molecule has 0 radical (unpaired) electrons. The molecule has 0 aromatic carbocycles. The van der Waals surface area contributed by atoms with Crippen molar-refractivity contribution in [3.05, 3.63) is 0 Å². The number of hydrogen-bond acceptors (Lipinski definition) is 3. The maximum Gasteiger partial charge on any atom is 0.304 e. The number of carboxylic acid groups (broad SMARTS) is 1. The Kier molecular flexibility index (Phi) is 5.22. The van der Waals surface area contributed by atoms with Gasteiger partial charge in [0.2, 0.25) is 0 Å². The smallest absolute Gasteiger partial charge is 0.304 e. The van der Waals surface area contributed by atoms with E-state index in [0.717, 1.165) is 6.54 Å². The van der Waals surface area contributed by atoms with Gasteiger partial charge in [-0.25, -0.2) is 0 Å².